The third-order valence-electron chi connectivity index (χ3n) is 3.35. The van der Waals surface area contributed by atoms with E-state index in [2.05, 4.69) is 12.1 Å². The highest BCUT2D eigenvalue weighted by molar-refractivity contribution is 5.18. The van der Waals surface area contributed by atoms with Crippen molar-refractivity contribution >= 4 is 0 Å². The predicted octanol–water partition coefficient (Wildman–Crippen LogP) is 2.89. The summed E-state index contributed by atoms with van der Waals surface area (Å²) in [4.78, 5) is 0. The molecule has 0 saturated heterocycles. The summed E-state index contributed by atoms with van der Waals surface area (Å²) in [6.45, 7) is 1.53. The molecule has 0 spiro atoms. The van der Waals surface area contributed by atoms with Crippen LogP contribution < -0.4 is 5.73 Å². The Hall–Kier alpha value is -0.860. The van der Waals surface area contributed by atoms with Gasteiger partial charge in [-0.05, 0) is 24.3 Å². The maximum Gasteiger partial charge on any atom is 0.0659 e. The predicted molar refractivity (Wildman–Crippen MR) is 66.1 cm³/mol. The van der Waals surface area contributed by atoms with E-state index >= 15 is 0 Å². The van der Waals surface area contributed by atoms with Crippen LogP contribution >= 0.6 is 0 Å². The summed E-state index contributed by atoms with van der Waals surface area (Å²) in [6.07, 6.45) is 5.42. The Morgan fingerprint density at radius 3 is 2.56 bits per heavy atom. The standard InChI is InChI=1S/C14H21NO/c15-14(13-8-2-1-3-9-13)11-16-10-12-6-4-5-7-12/h1-3,8-9,12,14H,4-7,10-11,15H2. The monoisotopic (exact) mass is 219 g/mol. The fourth-order valence-corrected chi connectivity index (χ4v) is 2.34. The Bertz CT molecular complexity index is 293. The van der Waals surface area contributed by atoms with Crippen LogP contribution in [0.4, 0.5) is 0 Å². The minimum atomic E-state index is 0.0163. The zero-order chi connectivity index (χ0) is 11.2. The van der Waals surface area contributed by atoms with E-state index in [0.29, 0.717) is 6.61 Å². The number of hydrogen-bond acceptors (Lipinski definition) is 2. The zero-order valence-electron chi connectivity index (χ0n) is 9.77. The summed E-state index contributed by atoms with van der Waals surface area (Å²) >= 11 is 0. The SMILES string of the molecule is NC(COCC1CCCC1)c1ccccc1. The first-order chi connectivity index (χ1) is 7.86. The van der Waals surface area contributed by atoms with Crippen LogP contribution in [0, 0.1) is 5.92 Å². The zero-order valence-corrected chi connectivity index (χ0v) is 9.77. The minimum Gasteiger partial charge on any atom is -0.379 e. The smallest absolute Gasteiger partial charge is 0.0659 e. The molecule has 88 valence electrons. The van der Waals surface area contributed by atoms with Crippen LogP contribution in [0.2, 0.25) is 0 Å². The second-order valence-corrected chi connectivity index (χ2v) is 4.71. The highest BCUT2D eigenvalue weighted by atomic mass is 16.5. The summed E-state index contributed by atoms with van der Waals surface area (Å²) in [5, 5.41) is 0. The van der Waals surface area contributed by atoms with Gasteiger partial charge in [0, 0.05) is 6.61 Å². The normalized spacial score (nSPS) is 18.8. The molecular formula is C14H21NO. The molecule has 1 atom stereocenters. The van der Waals surface area contributed by atoms with E-state index in [9.17, 15) is 0 Å². The van der Waals surface area contributed by atoms with Crippen molar-refractivity contribution in [3.63, 3.8) is 0 Å². The summed E-state index contributed by atoms with van der Waals surface area (Å²) in [6, 6.07) is 10.2. The van der Waals surface area contributed by atoms with Crippen molar-refractivity contribution in [2.24, 2.45) is 11.7 Å². The Morgan fingerprint density at radius 1 is 1.19 bits per heavy atom. The van der Waals surface area contributed by atoms with E-state index < -0.39 is 0 Å². The molecule has 2 heteroatoms. The van der Waals surface area contributed by atoms with Crippen molar-refractivity contribution in [2.75, 3.05) is 13.2 Å². The summed E-state index contributed by atoms with van der Waals surface area (Å²) in [5.41, 5.74) is 7.22. The Labute approximate surface area is 97.8 Å². The van der Waals surface area contributed by atoms with Crippen LogP contribution in [0.15, 0.2) is 30.3 Å². The fourth-order valence-electron chi connectivity index (χ4n) is 2.34. The van der Waals surface area contributed by atoms with Gasteiger partial charge in [0.15, 0.2) is 0 Å². The van der Waals surface area contributed by atoms with Crippen LogP contribution in [0.1, 0.15) is 37.3 Å². The van der Waals surface area contributed by atoms with Gasteiger partial charge in [0.25, 0.3) is 0 Å². The Morgan fingerprint density at radius 2 is 1.88 bits per heavy atom. The van der Waals surface area contributed by atoms with E-state index in [4.69, 9.17) is 10.5 Å². The van der Waals surface area contributed by atoms with E-state index in [1.165, 1.54) is 25.7 Å². The molecule has 1 aromatic carbocycles. The van der Waals surface area contributed by atoms with E-state index in [0.717, 1.165) is 18.1 Å². The van der Waals surface area contributed by atoms with Crippen molar-refractivity contribution in [1.82, 2.24) is 0 Å². The van der Waals surface area contributed by atoms with Crippen molar-refractivity contribution in [1.29, 1.82) is 0 Å². The third-order valence-corrected chi connectivity index (χ3v) is 3.35. The lowest BCUT2D eigenvalue weighted by Crippen LogP contribution is -2.19. The van der Waals surface area contributed by atoms with Gasteiger partial charge in [-0.2, -0.15) is 0 Å². The molecule has 0 heterocycles. The van der Waals surface area contributed by atoms with Crippen LogP contribution in [0.25, 0.3) is 0 Å². The Kier molecular flexibility index (Phi) is 4.37. The number of benzene rings is 1. The first-order valence-corrected chi connectivity index (χ1v) is 6.24. The van der Waals surface area contributed by atoms with Crippen LogP contribution in [-0.2, 0) is 4.74 Å². The second kappa shape index (κ2) is 6.02. The molecule has 1 unspecified atom stereocenters. The van der Waals surface area contributed by atoms with Crippen molar-refractivity contribution in [3.05, 3.63) is 35.9 Å². The van der Waals surface area contributed by atoms with E-state index in [-0.39, 0.29) is 6.04 Å². The van der Waals surface area contributed by atoms with Gasteiger partial charge in [0.05, 0.1) is 12.6 Å². The molecule has 0 aromatic heterocycles. The second-order valence-electron chi connectivity index (χ2n) is 4.71. The molecule has 2 nitrogen and oxygen atoms in total. The molecule has 1 aliphatic carbocycles. The van der Waals surface area contributed by atoms with Crippen molar-refractivity contribution in [3.8, 4) is 0 Å². The average Bonchev–Trinajstić information content (AvgIpc) is 2.83. The average molecular weight is 219 g/mol. The van der Waals surface area contributed by atoms with Gasteiger partial charge in [-0.3, -0.25) is 0 Å². The third kappa shape index (κ3) is 3.32. The molecule has 0 aliphatic heterocycles. The molecule has 16 heavy (non-hydrogen) atoms. The maximum atomic E-state index is 6.05. The van der Waals surface area contributed by atoms with Crippen molar-refractivity contribution in [2.45, 2.75) is 31.7 Å². The lowest BCUT2D eigenvalue weighted by Gasteiger charge is -2.14. The molecule has 1 saturated carbocycles. The molecule has 0 radical (unpaired) electrons. The fraction of sp³-hybridized carbons (Fsp3) is 0.571. The van der Waals surface area contributed by atoms with Gasteiger partial charge in [0.2, 0.25) is 0 Å². The van der Waals surface area contributed by atoms with Gasteiger partial charge in [0.1, 0.15) is 0 Å². The van der Waals surface area contributed by atoms with E-state index in [1.54, 1.807) is 0 Å². The van der Waals surface area contributed by atoms with E-state index in [1.807, 2.05) is 18.2 Å². The molecule has 0 amide bonds. The molecule has 1 fully saturated rings. The highest BCUT2D eigenvalue weighted by Crippen LogP contribution is 2.25. The topological polar surface area (TPSA) is 35.2 Å². The lowest BCUT2D eigenvalue weighted by molar-refractivity contribution is 0.0904. The van der Waals surface area contributed by atoms with Crippen LogP contribution in [-0.4, -0.2) is 13.2 Å². The summed E-state index contributed by atoms with van der Waals surface area (Å²) in [7, 11) is 0. The minimum absolute atomic E-state index is 0.0163. The lowest BCUT2D eigenvalue weighted by atomic mass is 10.1. The quantitative estimate of drug-likeness (QED) is 0.826. The highest BCUT2D eigenvalue weighted by Gasteiger charge is 2.15. The van der Waals surface area contributed by atoms with Crippen LogP contribution in [0.3, 0.4) is 0 Å². The number of nitrogens with two attached hydrogens (primary N) is 1. The molecule has 1 aromatic rings. The molecule has 2 N–H and O–H groups in total. The van der Waals surface area contributed by atoms with Gasteiger partial charge in [-0.1, -0.05) is 43.2 Å². The Balaban J connectivity index is 1.69. The molecule has 1 aliphatic rings. The van der Waals surface area contributed by atoms with Gasteiger partial charge in [-0.25, -0.2) is 0 Å². The maximum absolute atomic E-state index is 6.05. The first-order valence-electron chi connectivity index (χ1n) is 6.24. The first kappa shape index (κ1) is 11.6. The molecular weight excluding hydrogens is 198 g/mol. The summed E-state index contributed by atoms with van der Waals surface area (Å²) < 4.78 is 5.71. The molecule has 0 bridgehead atoms. The largest absolute Gasteiger partial charge is 0.379 e. The van der Waals surface area contributed by atoms with Crippen molar-refractivity contribution < 1.29 is 4.74 Å². The van der Waals surface area contributed by atoms with Gasteiger partial charge < -0.3 is 10.5 Å². The van der Waals surface area contributed by atoms with Gasteiger partial charge in [-0.15, -0.1) is 0 Å². The summed E-state index contributed by atoms with van der Waals surface area (Å²) in [5.74, 6) is 0.781. The van der Waals surface area contributed by atoms with Crippen LogP contribution in [0.5, 0.6) is 0 Å². The number of rotatable bonds is 5. The molecule has 2 rings (SSSR count). The number of ether oxygens (including phenoxy) is 1. The number of hydrogen-bond donors (Lipinski definition) is 1. The van der Waals surface area contributed by atoms with Gasteiger partial charge >= 0.3 is 0 Å².